The Hall–Kier alpha value is -1.22. The summed E-state index contributed by atoms with van der Waals surface area (Å²) in [5, 5.41) is 11.0. The zero-order valence-corrected chi connectivity index (χ0v) is 15.0. The summed E-state index contributed by atoms with van der Waals surface area (Å²) in [6.45, 7) is 5.99. The molecule has 2 N–H and O–H groups in total. The second-order valence-corrected chi connectivity index (χ2v) is 7.76. The third-order valence-electron chi connectivity index (χ3n) is 4.34. The molecule has 1 aliphatic heterocycles. The normalized spacial score (nSPS) is 21.9. The molecule has 1 aromatic rings. The first-order chi connectivity index (χ1) is 10.2. The van der Waals surface area contributed by atoms with Crippen molar-refractivity contribution in [1.29, 1.82) is 0 Å². The van der Waals surface area contributed by atoms with Crippen molar-refractivity contribution in [2.75, 3.05) is 13.1 Å². The van der Waals surface area contributed by atoms with Crippen LogP contribution >= 0.6 is 12.4 Å². The van der Waals surface area contributed by atoms with Gasteiger partial charge in [-0.05, 0) is 50.8 Å². The molecule has 1 saturated heterocycles. The Labute approximate surface area is 142 Å². The van der Waals surface area contributed by atoms with Gasteiger partial charge in [-0.25, -0.2) is 8.42 Å². The standard InChI is InChI=1S/C14H21N3O4S.ClH/c1-9-4-13(17(18)19)6-14(11(9)3)22(20,21)16-8-12(7-15)5-10(16)2;/h4,6,10,12H,5,7-8,15H2,1-3H3;1H. The van der Waals surface area contributed by atoms with Crippen LogP contribution in [-0.2, 0) is 10.0 Å². The molecule has 0 spiro atoms. The van der Waals surface area contributed by atoms with E-state index in [1.807, 2.05) is 6.92 Å². The van der Waals surface area contributed by atoms with E-state index in [0.717, 1.165) is 6.07 Å². The van der Waals surface area contributed by atoms with E-state index in [9.17, 15) is 18.5 Å². The average molecular weight is 364 g/mol. The monoisotopic (exact) mass is 363 g/mol. The second kappa shape index (κ2) is 7.12. The Morgan fingerprint density at radius 1 is 1.39 bits per heavy atom. The molecule has 0 amide bonds. The fourth-order valence-corrected chi connectivity index (χ4v) is 4.96. The fraction of sp³-hybridized carbons (Fsp3) is 0.571. The molecule has 1 fully saturated rings. The molecule has 0 radical (unpaired) electrons. The minimum atomic E-state index is -3.77. The van der Waals surface area contributed by atoms with Crippen molar-refractivity contribution in [2.24, 2.45) is 11.7 Å². The first-order valence-corrected chi connectivity index (χ1v) is 8.60. The highest BCUT2D eigenvalue weighted by Gasteiger charge is 2.38. The minimum Gasteiger partial charge on any atom is -0.330 e. The van der Waals surface area contributed by atoms with Crippen LogP contribution in [0, 0.1) is 29.9 Å². The minimum absolute atomic E-state index is 0. The van der Waals surface area contributed by atoms with Gasteiger partial charge in [0.25, 0.3) is 5.69 Å². The van der Waals surface area contributed by atoms with Crippen LogP contribution in [0.15, 0.2) is 17.0 Å². The van der Waals surface area contributed by atoms with Gasteiger partial charge >= 0.3 is 0 Å². The molecule has 2 rings (SSSR count). The van der Waals surface area contributed by atoms with E-state index in [-0.39, 0.29) is 34.9 Å². The maximum Gasteiger partial charge on any atom is 0.271 e. The Balaban J connectivity index is 0.00000264. The van der Waals surface area contributed by atoms with Gasteiger partial charge in [0.15, 0.2) is 0 Å². The predicted molar refractivity (Wildman–Crippen MR) is 90.3 cm³/mol. The first-order valence-electron chi connectivity index (χ1n) is 7.16. The van der Waals surface area contributed by atoms with Crippen LogP contribution in [0.4, 0.5) is 5.69 Å². The SMILES string of the molecule is Cc1cc([N+](=O)[O-])cc(S(=O)(=O)N2CC(CN)CC2C)c1C.Cl. The molecule has 7 nitrogen and oxygen atoms in total. The first kappa shape index (κ1) is 19.8. The highest BCUT2D eigenvalue weighted by Crippen LogP contribution is 2.33. The Bertz CT molecular complexity index is 708. The molecule has 9 heteroatoms. The number of non-ortho nitro benzene ring substituents is 1. The molecule has 2 unspecified atom stereocenters. The molecule has 23 heavy (non-hydrogen) atoms. The smallest absolute Gasteiger partial charge is 0.271 e. The summed E-state index contributed by atoms with van der Waals surface area (Å²) >= 11 is 0. The number of nitrogens with zero attached hydrogens (tertiary/aromatic N) is 2. The fourth-order valence-electron chi connectivity index (χ4n) is 2.92. The van der Waals surface area contributed by atoms with Crippen LogP contribution in [0.1, 0.15) is 24.5 Å². The number of sulfonamides is 1. The molecule has 0 bridgehead atoms. The lowest BCUT2D eigenvalue weighted by Crippen LogP contribution is -2.35. The van der Waals surface area contributed by atoms with Crippen LogP contribution in [0.25, 0.3) is 0 Å². The summed E-state index contributed by atoms with van der Waals surface area (Å²) in [7, 11) is -3.77. The summed E-state index contributed by atoms with van der Waals surface area (Å²) < 4.78 is 27.2. The zero-order chi connectivity index (χ0) is 16.7. The number of halogens is 1. The van der Waals surface area contributed by atoms with Crippen molar-refractivity contribution in [3.8, 4) is 0 Å². The number of nitro groups is 1. The second-order valence-electron chi connectivity index (χ2n) is 5.90. The third kappa shape index (κ3) is 3.65. The number of nitro benzene ring substituents is 1. The molecule has 0 saturated carbocycles. The average Bonchev–Trinajstić information content (AvgIpc) is 2.83. The number of rotatable bonds is 4. The number of hydrogen-bond acceptors (Lipinski definition) is 5. The van der Waals surface area contributed by atoms with Gasteiger partial charge in [0.05, 0.1) is 9.82 Å². The van der Waals surface area contributed by atoms with E-state index in [1.165, 1.54) is 10.4 Å². The van der Waals surface area contributed by atoms with Gasteiger partial charge < -0.3 is 5.73 Å². The number of benzene rings is 1. The van der Waals surface area contributed by atoms with Crippen LogP contribution in [-0.4, -0.2) is 36.8 Å². The van der Waals surface area contributed by atoms with Gasteiger partial charge in [-0.3, -0.25) is 10.1 Å². The lowest BCUT2D eigenvalue weighted by Gasteiger charge is -2.22. The molecular weight excluding hydrogens is 342 g/mol. The molecule has 1 aromatic carbocycles. The maximum absolute atomic E-state index is 12.9. The van der Waals surface area contributed by atoms with E-state index in [4.69, 9.17) is 5.73 Å². The van der Waals surface area contributed by atoms with Crippen molar-refractivity contribution in [3.63, 3.8) is 0 Å². The van der Waals surface area contributed by atoms with Crippen LogP contribution in [0.5, 0.6) is 0 Å². The van der Waals surface area contributed by atoms with Gasteiger partial charge in [-0.2, -0.15) is 4.31 Å². The summed E-state index contributed by atoms with van der Waals surface area (Å²) in [5.41, 5.74) is 6.59. The lowest BCUT2D eigenvalue weighted by molar-refractivity contribution is -0.385. The topological polar surface area (TPSA) is 107 Å². The van der Waals surface area contributed by atoms with Crippen LogP contribution in [0.3, 0.4) is 0 Å². The van der Waals surface area contributed by atoms with Crippen molar-refractivity contribution in [1.82, 2.24) is 4.31 Å². The van der Waals surface area contributed by atoms with Crippen molar-refractivity contribution < 1.29 is 13.3 Å². The van der Waals surface area contributed by atoms with E-state index < -0.39 is 14.9 Å². The Kier molecular flexibility index (Phi) is 6.14. The summed E-state index contributed by atoms with van der Waals surface area (Å²) in [4.78, 5) is 10.5. The predicted octanol–water partition coefficient (Wildman–Crippen LogP) is 1.99. The number of nitrogens with two attached hydrogens (primary N) is 1. The molecule has 130 valence electrons. The quantitative estimate of drug-likeness (QED) is 0.650. The van der Waals surface area contributed by atoms with Crippen LogP contribution < -0.4 is 5.73 Å². The van der Waals surface area contributed by atoms with Gasteiger partial charge in [-0.15, -0.1) is 12.4 Å². The lowest BCUT2D eigenvalue weighted by atomic mass is 10.1. The molecule has 2 atom stereocenters. The van der Waals surface area contributed by atoms with Crippen molar-refractivity contribution in [2.45, 2.75) is 38.1 Å². The maximum atomic E-state index is 12.9. The Morgan fingerprint density at radius 2 is 2.00 bits per heavy atom. The van der Waals surface area contributed by atoms with Gasteiger partial charge in [0.1, 0.15) is 0 Å². The van der Waals surface area contributed by atoms with Crippen molar-refractivity contribution in [3.05, 3.63) is 33.4 Å². The molecule has 1 heterocycles. The van der Waals surface area contributed by atoms with Crippen LogP contribution in [0.2, 0.25) is 0 Å². The third-order valence-corrected chi connectivity index (χ3v) is 6.45. The van der Waals surface area contributed by atoms with Crippen molar-refractivity contribution >= 4 is 28.1 Å². The summed E-state index contributed by atoms with van der Waals surface area (Å²) in [6, 6.07) is 2.39. The molecule has 0 aliphatic carbocycles. The highest BCUT2D eigenvalue weighted by atomic mass is 35.5. The highest BCUT2D eigenvalue weighted by molar-refractivity contribution is 7.89. The molecular formula is C14H22ClN3O4S. The summed E-state index contributed by atoms with van der Waals surface area (Å²) in [5.74, 6) is 0.130. The van der Waals surface area contributed by atoms with E-state index in [1.54, 1.807) is 13.8 Å². The van der Waals surface area contributed by atoms with Gasteiger partial charge in [0, 0.05) is 24.7 Å². The van der Waals surface area contributed by atoms with E-state index in [2.05, 4.69) is 0 Å². The van der Waals surface area contributed by atoms with Gasteiger partial charge in [-0.1, -0.05) is 0 Å². The summed E-state index contributed by atoms with van der Waals surface area (Å²) in [6.07, 6.45) is 0.711. The molecule has 1 aliphatic rings. The Morgan fingerprint density at radius 3 is 2.48 bits per heavy atom. The largest absolute Gasteiger partial charge is 0.330 e. The zero-order valence-electron chi connectivity index (χ0n) is 13.4. The van der Waals surface area contributed by atoms with E-state index >= 15 is 0 Å². The number of aryl methyl sites for hydroxylation is 1. The van der Waals surface area contributed by atoms with Gasteiger partial charge in [0.2, 0.25) is 10.0 Å². The number of hydrogen-bond donors (Lipinski definition) is 1. The van der Waals surface area contributed by atoms with E-state index in [0.29, 0.717) is 30.6 Å². The molecule has 0 aromatic heterocycles.